The lowest BCUT2D eigenvalue weighted by Gasteiger charge is -2.23. The lowest BCUT2D eigenvalue weighted by Crippen LogP contribution is -2.23. The summed E-state index contributed by atoms with van der Waals surface area (Å²) < 4.78 is 5.85. The Labute approximate surface area is 92.5 Å². The summed E-state index contributed by atoms with van der Waals surface area (Å²) in [6.45, 7) is 1.93. The molecule has 0 saturated heterocycles. The zero-order valence-electron chi connectivity index (χ0n) is 9.20. The molecule has 15 heavy (non-hydrogen) atoms. The molecule has 1 aromatic rings. The molecule has 0 unspecified atom stereocenters. The Morgan fingerprint density at radius 3 is 2.73 bits per heavy atom. The molecule has 78 valence electrons. The van der Waals surface area contributed by atoms with E-state index in [0.717, 1.165) is 24.3 Å². The average Bonchev–Trinajstić information content (AvgIpc) is 2.24. The maximum atomic E-state index is 5.87. The summed E-state index contributed by atoms with van der Waals surface area (Å²) in [5, 5.41) is 0. The molecule has 2 nitrogen and oxygen atoms in total. The normalized spacial score (nSPS) is 17.7. The van der Waals surface area contributed by atoms with Gasteiger partial charge >= 0.3 is 0 Å². The molecule has 0 N–H and O–H groups in total. The van der Waals surface area contributed by atoms with Crippen molar-refractivity contribution in [1.29, 1.82) is 0 Å². The SMILES string of the molecule is [B]c1cc(C)ncc1OC1CCCCC1. The summed E-state index contributed by atoms with van der Waals surface area (Å²) in [6.07, 6.45) is 8.24. The summed E-state index contributed by atoms with van der Waals surface area (Å²) in [6, 6.07) is 1.86. The Morgan fingerprint density at radius 2 is 2.07 bits per heavy atom. The number of ether oxygens (including phenoxy) is 1. The molecule has 2 rings (SSSR count). The van der Waals surface area contributed by atoms with E-state index in [1.165, 1.54) is 19.3 Å². The van der Waals surface area contributed by atoms with Crippen molar-refractivity contribution in [3.8, 4) is 5.75 Å². The van der Waals surface area contributed by atoms with Crippen molar-refractivity contribution in [1.82, 2.24) is 4.98 Å². The molecule has 1 heterocycles. The highest BCUT2D eigenvalue weighted by Gasteiger charge is 2.15. The fraction of sp³-hybridized carbons (Fsp3) is 0.583. The van der Waals surface area contributed by atoms with Gasteiger partial charge in [-0.15, -0.1) is 0 Å². The van der Waals surface area contributed by atoms with E-state index in [9.17, 15) is 0 Å². The number of pyridine rings is 1. The van der Waals surface area contributed by atoms with Crippen LogP contribution >= 0.6 is 0 Å². The van der Waals surface area contributed by atoms with Gasteiger partial charge in [-0.3, -0.25) is 4.98 Å². The van der Waals surface area contributed by atoms with Crippen LogP contribution in [0.25, 0.3) is 0 Å². The average molecular weight is 201 g/mol. The maximum absolute atomic E-state index is 5.87. The van der Waals surface area contributed by atoms with Crippen LogP contribution in [0.15, 0.2) is 12.3 Å². The zero-order chi connectivity index (χ0) is 10.7. The third-order valence-corrected chi connectivity index (χ3v) is 2.88. The van der Waals surface area contributed by atoms with E-state index in [4.69, 9.17) is 12.6 Å². The molecule has 1 aromatic heterocycles. The molecule has 0 spiro atoms. The number of rotatable bonds is 2. The lowest BCUT2D eigenvalue weighted by atomic mass is 9.94. The first-order valence-electron chi connectivity index (χ1n) is 5.64. The second-order valence-corrected chi connectivity index (χ2v) is 4.24. The Hall–Kier alpha value is -0.985. The Bertz CT molecular complexity index is 334. The molecule has 2 radical (unpaired) electrons. The summed E-state index contributed by atoms with van der Waals surface area (Å²) >= 11 is 0. The van der Waals surface area contributed by atoms with Gasteiger partial charge in [0.25, 0.3) is 0 Å². The molecule has 0 aromatic carbocycles. The van der Waals surface area contributed by atoms with Crippen molar-refractivity contribution in [2.75, 3.05) is 0 Å². The van der Waals surface area contributed by atoms with Crippen LogP contribution < -0.4 is 10.2 Å². The first-order chi connectivity index (χ1) is 7.25. The molecule has 0 amide bonds. The molecular weight excluding hydrogens is 185 g/mol. The van der Waals surface area contributed by atoms with Crippen molar-refractivity contribution in [3.05, 3.63) is 18.0 Å². The third kappa shape index (κ3) is 2.74. The van der Waals surface area contributed by atoms with Crippen molar-refractivity contribution >= 4 is 13.3 Å². The van der Waals surface area contributed by atoms with E-state index in [2.05, 4.69) is 4.98 Å². The highest BCUT2D eigenvalue weighted by Crippen LogP contribution is 2.21. The molecule has 3 heteroatoms. The predicted molar refractivity (Wildman–Crippen MR) is 61.9 cm³/mol. The molecule has 0 atom stereocenters. The Morgan fingerprint density at radius 1 is 1.33 bits per heavy atom. The van der Waals surface area contributed by atoms with Crippen molar-refractivity contribution in [2.24, 2.45) is 0 Å². The quantitative estimate of drug-likeness (QED) is 0.681. The molecule has 1 aliphatic carbocycles. The van der Waals surface area contributed by atoms with Gasteiger partial charge in [-0.1, -0.05) is 11.9 Å². The van der Waals surface area contributed by atoms with Gasteiger partial charge in [-0.25, -0.2) is 0 Å². The van der Waals surface area contributed by atoms with Crippen LogP contribution in [-0.2, 0) is 0 Å². The maximum Gasteiger partial charge on any atom is 0.130 e. The number of aromatic nitrogens is 1. The summed E-state index contributed by atoms with van der Waals surface area (Å²) in [4.78, 5) is 4.20. The predicted octanol–water partition coefficient (Wildman–Crippen LogP) is 1.90. The number of hydrogen-bond acceptors (Lipinski definition) is 2. The summed E-state index contributed by atoms with van der Waals surface area (Å²) in [7, 11) is 5.87. The molecule has 1 fully saturated rings. The monoisotopic (exact) mass is 201 g/mol. The van der Waals surface area contributed by atoms with Crippen LogP contribution in [0.2, 0.25) is 0 Å². The van der Waals surface area contributed by atoms with Gasteiger partial charge in [0.2, 0.25) is 0 Å². The minimum absolute atomic E-state index is 0.338. The van der Waals surface area contributed by atoms with Crippen molar-refractivity contribution in [3.63, 3.8) is 0 Å². The number of aryl methyl sites for hydroxylation is 1. The van der Waals surface area contributed by atoms with Crippen LogP contribution in [-0.4, -0.2) is 18.9 Å². The Balaban J connectivity index is 2.03. The first-order valence-corrected chi connectivity index (χ1v) is 5.64. The van der Waals surface area contributed by atoms with Crippen LogP contribution in [0.4, 0.5) is 0 Å². The molecular formula is C12H16BNO. The third-order valence-electron chi connectivity index (χ3n) is 2.88. The van der Waals surface area contributed by atoms with E-state index in [1.54, 1.807) is 6.20 Å². The van der Waals surface area contributed by atoms with Crippen LogP contribution in [0, 0.1) is 6.92 Å². The molecule has 0 aliphatic heterocycles. The van der Waals surface area contributed by atoms with Crippen LogP contribution in [0.3, 0.4) is 0 Å². The fourth-order valence-corrected chi connectivity index (χ4v) is 2.03. The topological polar surface area (TPSA) is 22.1 Å². The number of hydrogen-bond donors (Lipinski definition) is 0. The number of nitrogens with zero attached hydrogens (tertiary/aromatic N) is 1. The van der Waals surface area contributed by atoms with Gasteiger partial charge in [-0.2, -0.15) is 0 Å². The van der Waals surface area contributed by atoms with Crippen molar-refractivity contribution < 1.29 is 4.74 Å². The second-order valence-electron chi connectivity index (χ2n) is 4.24. The second kappa shape index (κ2) is 4.69. The molecule has 1 aliphatic rings. The van der Waals surface area contributed by atoms with Crippen LogP contribution in [0.1, 0.15) is 37.8 Å². The van der Waals surface area contributed by atoms with Gasteiger partial charge < -0.3 is 4.74 Å². The first kappa shape index (κ1) is 10.5. The smallest absolute Gasteiger partial charge is 0.130 e. The minimum atomic E-state index is 0.338. The van der Waals surface area contributed by atoms with Gasteiger partial charge in [0.05, 0.1) is 12.3 Å². The van der Waals surface area contributed by atoms with Crippen molar-refractivity contribution in [2.45, 2.75) is 45.1 Å². The molecule has 0 bridgehead atoms. The Kier molecular flexibility index (Phi) is 3.29. The summed E-state index contributed by atoms with van der Waals surface area (Å²) in [5.41, 5.74) is 1.64. The zero-order valence-corrected chi connectivity index (χ0v) is 9.20. The van der Waals surface area contributed by atoms with E-state index in [1.807, 2.05) is 13.0 Å². The lowest BCUT2D eigenvalue weighted by molar-refractivity contribution is 0.156. The van der Waals surface area contributed by atoms with E-state index in [0.29, 0.717) is 11.6 Å². The molecule has 1 saturated carbocycles. The fourth-order valence-electron chi connectivity index (χ4n) is 2.03. The standard InChI is InChI=1S/C12H16BNO/c1-9-7-11(13)12(8-14-9)15-10-5-3-2-4-6-10/h7-8,10H,2-6H2,1H3. The van der Waals surface area contributed by atoms with Gasteiger partial charge in [-0.05, 0) is 38.7 Å². The van der Waals surface area contributed by atoms with E-state index >= 15 is 0 Å². The largest absolute Gasteiger partial charge is 0.489 e. The van der Waals surface area contributed by atoms with E-state index in [-0.39, 0.29) is 0 Å². The van der Waals surface area contributed by atoms with Gasteiger partial charge in [0.15, 0.2) is 0 Å². The van der Waals surface area contributed by atoms with Gasteiger partial charge in [0, 0.05) is 5.69 Å². The minimum Gasteiger partial charge on any atom is -0.489 e. The highest BCUT2D eigenvalue weighted by molar-refractivity contribution is 6.34. The highest BCUT2D eigenvalue weighted by atomic mass is 16.5. The van der Waals surface area contributed by atoms with Crippen LogP contribution in [0.5, 0.6) is 5.75 Å². The summed E-state index contributed by atoms with van der Waals surface area (Å²) in [5.74, 6) is 0.743. The van der Waals surface area contributed by atoms with E-state index < -0.39 is 0 Å². The van der Waals surface area contributed by atoms with Gasteiger partial charge in [0.1, 0.15) is 13.6 Å².